The van der Waals surface area contributed by atoms with E-state index in [0.29, 0.717) is 0 Å². The summed E-state index contributed by atoms with van der Waals surface area (Å²) in [7, 11) is 0. The van der Waals surface area contributed by atoms with E-state index in [1.807, 2.05) is 0 Å². The molecule has 0 bridgehead atoms. The number of hydrogen-bond donors (Lipinski definition) is 0. The van der Waals surface area contributed by atoms with Crippen LogP contribution in [0.3, 0.4) is 0 Å². The molecule has 0 atom stereocenters. The molecule has 2 aromatic rings. The molecule has 2 aromatic heterocycles. The normalized spacial score (nSPS) is 10.8. The summed E-state index contributed by atoms with van der Waals surface area (Å²) in [5.41, 5.74) is 0. The predicted octanol–water partition coefficient (Wildman–Crippen LogP) is 4.03. The molecule has 4 nitrogen and oxygen atoms in total. The monoisotopic (exact) mass is 378 g/mol. The van der Waals surface area contributed by atoms with Crippen molar-refractivity contribution in [3.8, 4) is 11.5 Å². The van der Waals surface area contributed by atoms with E-state index in [4.69, 9.17) is 23.2 Å². The molecule has 0 spiro atoms. The van der Waals surface area contributed by atoms with Crippen LogP contribution in [-0.2, 0) is 0 Å². The molecule has 0 radical (unpaired) electrons. The maximum atomic E-state index is 13.4. The number of pyridine rings is 2. The predicted molar refractivity (Wildman–Crippen MR) is 64.4 cm³/mol. The van der Waals surface area contributed by atoms with Crippen LogP contribution >= 0.6 is 23.2 Å². The van der Waals surface area contributed by atoms with Gasteiger partial charge in [-0.25, -0.2) is 0 Å². The Morgan fingerprint density at radius 3 is 1.35 bits per heavy atom. The van der Waals surface area contributed by atoms with Gasteiger partial charge in [0.2, 0.25) is 30.3 Å². The highest BCUT2D eigenvalue weighted by Gasteiger charge is 2.23. The van der Waals surface area contributed by atoms with Gasteiger partial charge < -0.3 is 9.47 Å². The maximum Gasteiger partial charge on any atom is 0.255 e. The molecule has 0 aliphatic carbocycles. The lowest BCUT2D eigenvalue weighted by atomic mass is 10.4. The molecule has 12 heteroatoms. The first-order chi connectivity index (χ1) is 10.7. The second-order valence-electron chi connectivity index (χ2n) is 3.71. The SMILES string of the molecule is Fc1nc(F)c(Cl)c(OCOc2c(F)c(F)nc(F)c2Cl)c1F. The Bertz CT molecular complexity index is 661. The molecule has 0 saturated carbocycles. The highest BCUT2D eigenvalue weighted by molar-refractivity contribution is 6.32. The number of ether oxygens (including phenoxy) is 2. The number of aromatic nitrogens is 2. The Labute approximate surface area is 133 Å². The van der Waals surface area contributed by atoms with E-state index < -0.39 is 63.8 Å². The lowest BCUT2D eigenvalue weighted by molar-refractivity contribution is 0.107. The van der Waals surface area contributed by atoms with Crippen molar-refractivity contribution in [3.63, 3.8) is 0 Å². The van der Waals surface area contributed by atoms with E-state index in [1.54, 1.807) is 0 Å². The van der Waals surface area contributed by atoms with E-state index in [2.05, 4.69) is 19.4 Å². The van der Waals surface area contributed by atoms with Crippen molar-refractivity contribution in [2.24, 2.45) is 0 Å². The number of nitrogens with zero attached hydrogens (tertiary/aromatic N) is 2. The summed E-state index contributed by atoms with van der Waals surface area (Å²) in [4.78, 5) is 5.00. The van der Waals surface area contributed by atoms with Crippen LogP contribution in [0.2, 0.25) is 10.0 Å². The van der Waals surface area contributed by atoms with Crippen LogP contribution in [0, 0.1) is 35.4 Å². The molecule has 2 heterocycles. The van der Waals surface area contributed by atoms with Crippen LogP contribution in [-0.4, -0.2) is 16.8 Å². The van der Waals surface area contributed by atoms with Gasteiger partial charge in [-0.05, 0) is 0 Å². The summed E-state index contributed by atoms with van der Waals surface area (Å²) < 4.78 is 87.6. The highest BCUT2D eigenvalue weighted by Crippen LogP contribution is 2.33. The van der Waals surface area contributed by atoms with Gasteiger partial charge in [-0.15, -0.1) is 0 Å². The van der Waals surface area contributed by atoms with Gasteiger partial charge in [0.25, 0.3) is 11.9 Å². The standard InChI is InChI=1S/C11H2Cl2F6N2O2/c12-2-6(4(14)10(18)20-8(2)16)22-1-23-7-3(13)9(17)21-11(19)5(7)15/h1H2. The van der Waals surface area contributed by atoms with Crippen molar-refractivity contribution in [1.82, 2.24) is 9.97 Å². The van der Waals surface area contributed by atoms with Crippen LogP contribution in [0.5, 0.6) is 11.5 Å². The number of rotatable bonds is 4. The lowest BCUT2D eigenvalue weighted by Gasteiger charge is -2.12. The van der Waals surface area contributed by atoms with Crippen molar-refractivity contribution >= 4 is 23.2 Å². The fourth-order valence-electron chi connectivity index (χ4n) is 1.34. The molecule has 0 unspecified atom stereocenters. The minimum atomic E-state index is -1.85. The van der Waals surface area contributed by atoms with Crippen molar-refractivity contribution in [2.45, 2.75) is 0 Å². The zero-order valence-electron chi connectivity index (χ0n) is 10.4. The Kier molecular flexibility index (Phi) is 5.05. The number of halogens is 8. The van der Waals surface area contributed by atoms with Gasteiger partial charge in [-0.3, -0.25) is 0 Å². The summed E-state index contributed by atoms with van der Waals surface area (Å²) in [5, 5.41) is -2.04. The Morgan fingerprint density at radius 2 is 1.00 bits per heavy atom. The molecular weight excluding hydrogens is 377 g/mol. The second-order valence-corrected chi connectivity index (χ2v) is 4.46. The van der Waals surface area contributed by atoms with Gasteiger partial charge >= 0.3 is 0 Å². The quantitative estimate of drug-likeness (QED) is 0.457. The molecule has 0 saturated heterocycles. The van der Waals surface area contributed by atoms with Crippen molar-refractivity contribution in [2.75, 3.05) is 6.79 Å². The first kappa shape index (κ1) is 17.4. The number of hydrogen-bond acceptors (Lipinski definition) is 4. The zero-order chi connectivity index (χ0) is 17.3. The fraction of sp³-hybridized carbons (Fsp3) is 0.0909. The first-order valence-corrected chi connectivity index (χ1v) is 6.15. The van der Waals surface area contributed by atoms with Crippen molar-refractivity contribution in [3.05, 3.63) is 45.5 Å². The van der Waals surface area contributed by atoms with E-state index in [0.717, 1.165) is 0 Å². The summed E-state index contributed by atoms with van der Waals surface area (Å²) in [6, 6.07) is 0. The first-order valence-electron chi connectivity index (χ1n) is 5.39. The van der Waals surface area contributed by atoms with E-state index in [1.165, 1.54) is 0 Å². The molecule has 0 aliphatic rings. The molecule has 23 heavy (non-hydrogen) atoms. The van der Waals surface area contributed by atoms with E-state index in [9.17, 15) is 26.3 Å². The van der Waals surface area contributed by atoms with Crippen LogP contribution in [0.15, 0.2) is 0 Å². The molecule has 0 amide bonds. The van der Waals surface area contributed by atoms with Gasteiger partial charge in [0.05, 0.1) is 0 Å². The summed E-state index contributed by atoms with van der Waals surface area (Å²) in [5.74, 6) is -12.6. The highest BCUT2D eigenvalue weighted by atomic mass is 35.5. The minimum Gasteiger partial charge on any atom is -0.452 e. The van der Waals surface area contributed by atoms with Gasteiger partial charge in [0.1, 0.15) is 10.0 Å². The topological polar surface area (TPSA) is 44.2 Å². The van der Waals surface area contributed by atoms with Crippen molar-refractivity contribution in [1.29, 1.82) is 0 Å². The average Bonchev–Trinajstić information content (AvgIpc) is 2.49. The Balaban J connectivity index is 2.22. The fourth-order valence-corrected chi connectivity index (χ4v) is 1.70. The minimum absolute atomic E-state index is 1.02. The van der Waals surface area contributed by atoms with Crippen LogP contribution < -0.4 is 9.47 Å². The van der Waals surface area contributed by atoms with Crippen LogP contribution in [0.1, 0.15) is 0 Å². The largest absolute Gasteiger partial charge is 0.452 e. The molecule has 0 N–H and O–H groups in total. The third-order valence-corrected chi connectivity index (χ3v) is 2.98. The average molecular weight is 379 g/mol. The summed E-state index contributed by atoms with van der Waals surface area (Å²) >= 11 is 10.6. The maximum absolute atomic E-state index is 13.4. The Hall–Kier alpha value is -1.94. The van der Waals surface area contributed by atoms with Crippen LogP contribution in [0.25, 0.3) is 0 Å². The Morgan fingerprint density at radius 1 is 0.652 bits per heavy atom. The smallest absolute Gasteiger partial charge is 0.255 e. The summed E-state index contributed by atoms with van der Waals surface area (Å²) in [6.45, 7) is -1.14. The molecule has 124 valence electrons. The second kappa shape index (κ2) is 6.67. The van der Waals surface area contributed by atoms with Gasteiger partial charge in [-0.1, -0.05) is 23.2 Å². The van der Waals surface area contributed by atoms with Gasteiger partial charge in [0.15, 0.2) is 11.5 Å². The molecule has 0 aliphatic heterocycles. The van der Waals surface area contributed by atoms with Gasteiger partial charge in [0, 0.05) is 0 Å². The van der Waals surface area contributed by atoms with Gasteiger partial charge in [-0.2, -0.15) is 36.3 Å². The summed E-state index contributed by atoms with van der Waals surface area (Å²) in [6.07, 6.45) is 0. The molecule has 0 fully saturated rings. The molecular formula is C11H2Cl2F6N2O2. The van der Waals surface area contributed by atoms with Crippen LogP contribution in [0.4, 0.5) is 26.3 Å². The van der Waals surface area contributed by atoms with E-state index in [-0.39, 0.29) is 0 Å². The van der Waals surface area contributed by atoms with E-state index >= 15 is 0 Å². The lowest BCUT2D eigenvalue weighted by Crippen LogP contribution is -2.12. The van der Waals surface area contributed by atoms with Crippen molar-refractivity contribution < 1.29 is 35.8 Å². The molecule has 2 rings (SSSR count). The third kappa shape index (κ3) is 3.37. The molecule has 0 aromatic carbocycles. The zero-order valence-corrected chi connectivity index (χ0v) is 12.0. The third-order valence-electron chi connectivity index (χ3n) is 2.32.